The Balaban J connectivity index is 1.64. The van der Waals surface area contributed by atoms with Gasteiger partial charge in [-0.25, -0.2) is 0 Å². The summed E-state index contributed by atoms with van der Waals surface area (Å²) in [7, 11) is 6.36. The van der Waals surface area contributed by atoms with Gasteiger partial charge in [0.25, 0.3) is 0 Å². The minimum absolute atomic E-state index is 0.0740. The number of nitrogens with zero attached hydrogens (tertiary/aromatic N) is 2. The van der Waals surface area contributed by atoms with Crippen LogP contribution < -0.4 is 23.8 Å². The Labute approximate surface area is 171 Å². The molecule has 1 amide bonds. The molecule has 0 aromatic heterocycles. The van der Waals surface area contributed by atoms with E-state index in [0.29, 0.717) is 30.3 Å². The monoisotopic (exact) mass is 400 g/mol. The van der Waals surface area contributed by atoms with Crippen LogP contribution in [-0.4, -0.2) is 65.4 Å². The highest BCUT2D eigenvalue weighted by atomic mass is 16.5. The molecule has 7 heteroatoms. The van der Waals surface area contributed by atoms with Gasteiger partial charge in [-0.3, -0.25) is 4.79 Å². The van der Waals surface area contributed by atoms with Gasteiger partial charge in [0.1, 0.15) is 5.75 Å². The first kappa shape index (κ1) is 20.6. The van der Waals surface area contributed by atoms with Crippen LogP contribution in [0.4, 0.5) is 5.69 Å². The summed E-state index contributed by atoms with van der Waals surface area (Å²) in [5.41, 5.74) is 1.92. The number of anilines is 1. The predicted molar refractivity (Wildman–Crippen MR) is 112 cm³/mol. The smallest absolute Gasteiger partial charge is 0.227 e. The molecule has 2 aromatic carbocycles. The topological polar surface area (TPSA) is 60.5 Å². The van der Waals surface area contributed by atoms with Gasteiger partial charge < -0.3 is 28.7 Å². The molecule has 7 nitrogen and oxygen atoms in total. The minimum Gasteiger partial charge on any atom is -0.497 e. The van der Waals surface area contributed by atoms with E-state index in [0.717, 1.165) is 30.1 Å². The fourth-order valence-corrected chi connectivity index (χ4v) is 3.58. The van der Waals surface area contributed by atoms with Crippen molar-refractivity contribution in [1.82, 2.24) is 4.90 Å². The molecule has 3 rings (SSSR count). The van der Waals surface area contributed by atoms with Crippen molar-refractivity contribution in [3.63, 3.8) is 0 Å². The van der Waals surface area contributed by atoms with Crippen LogP contribution in [-0.2, 0) is 11.2 Å². The maximum Gasteiger partial charge on any atom is 0.227 e. The van der Waals surface area contributed by atoms with E-state index in [9.17, 15) is 4.79 Å². The van der Waals surface area contributed by atoms with Gasteiger partial charge in [-0.1, -0.05) is 6.07 Å². The summed E-state index contributed by atoms with van der Waals surface area (Å²) in [5, 5.41) is 0. The quantitative estimate of drug-likeness (QED) is 0.712. The van der Waals surface area contributed by atoms with Crippen LogP contribution in [0.2, 0.25) is 0 Å². The van der Waals surface area contributed by atoms with Crippen LogP contribution in [0.5, 0.6) is 23.0 Å². The van der Waals surface area contributed by atoms with Crippen molar-refractivity contribution in [3.8, 4) is 23.0 Å². The number of ether oxygens (including phenoxy) is 4. The first-order chi connectivity index (χ1) is 14.1. The van der Waals surface area contributed by atoms with Gasteiger partial charge in [0.05, 0.1) is 34.9 Å². The summed E-state index contributed by atoms with van der Waals surface area (Å²) in [6.45, 7) is 2.95. The molecule has 2 aromatic rings. The lowest BCUT2D eigenvalue weighted by Gasteiger charge is -2.36. The molecule has 29 heavy (non-hydrogen) atoms. The molecule has 0 radical (unpaired) electrons. The van der Waals surface area contributed by atoms with E-state index >= 15 is 0 Å². The van der Waals surface area contributed by atoms with Crippen molar-refractivity contribution >= 4 is 11.6 Å². The molecule has 1 aliphatic rings. The summed E-state index contributed by atoms with van der Waals surface area (Å²) in [5.74, 6) is 2.53. The molecule has 0 spiro atoms. The van der Waals surface area contributed by atoms with Crippen LogP contribution >= 0.6 is 0 Å². The Morgan fingerprint density at radius 3 is 2.00 bits per heavy atom. The first-order valence-electron chi connectivity index (χ1n) is 9.55. The fraction of sp³-hybridized carbons (Fsp3) is 0.409. The Kier molecular flexibility index (Phi) is 6.69. The van der Waals surface area contributed by atoms with Crippen LogP contribution in [0.25, 0.3) is 0 Å². The Bertz CT molecular complexity index is 830. The van der Waals surface area contributed by atoms with E-state index < -0.39 is 0 Å². The number of rotatable bonds is 7. The molecular formula is C22H28N2O5. The zero-order chi connectivity index (χ0) is 20.8. The molecule has 1 aliphatic heterocycles. The highest BCUT2D eigenvalue weighted by Gasteiger charge is 2.24. The molecule has 1 fully saturated rings. The maximum absolute atomic E-state index is 12.9. The third-order valence-electron chi connectivity index (χ3n) is 5.20. The Hall–Kier alpha value is -3.09. The summed E-state index contributed by atoms with van der Waals surface area (Å²) < 4.78 is 21.4. The SMILES string of the molecule is COc1ccc(N2CCN(C(=O)Cc3ccc(OC)c(OC)c3OC)CC2)cc1. The highest BCUT2D eigenvalue weighted by Crippen LogP contribution is 2.40. The van der Waals surface area contributed by atoms with Crippen molar-refractivity contribution in [2.45, 2.75) is 6.42 Å². The minimum atomic E-state index is 0.0740. The number of carbonyl (C=O) groups is 1. The van der Waals surface area contributed by atoms with E-state index in [1.165, 1.54) is 0 Å². The number of piperazine rings is 1. The van der Waals surface area contributed by atoms with Crippen LogP contribution in [0, 0.1) is 0 Å². The molecule has 1 saturated heterocycles. The number of hydrogen-bond acceptors (Lipinski definition) is 6. The average molecular weight is 400 g/mol. The van der Waals surface area contributed by atoms with Crippen molar-refractivity contribution in [2.75, 3.05) is 59.5 Å². The number of carbonyl (C=O) groups excluding carboxylic acids is 1. The standard InChI is InChI=1S/C22H28N2O5/c1-26-18-8-6-17(7-9-18)23-11-13-24(14-12-23)20(25)15-16-5-10-19(27-2)22(29-4)21(16)28-3/h5-10H,11-15H2,1-4H3. The molecule has 0 bridgehead atoms. The van der Waals surface area contributed by atoms with E-state index in [2.05, 4.69) is 4.90 Å². The van der Waals surface area contributed by atoms with Gasteiger partial charge in [0, 0.05) is 37.4 Å². The molecular weight excluding hydrogens is 372 g/mol. The van der Waals surface area contributed by atoms with Crippen LogP contribution in [0.1, 0.15) is 5.56 Å². The summed E-state index contributed by atoms with van der Waals surface area (Å²) in [6.07, 6.45) is 0.256. The molecule has 0 unspecified atom stereocenters. The second kappa shape index (κ2) is 9.41. The van der Waals surface area contributed by atoms with E-state index in [1.54, 1.807) is 34.5 Å². The second-order valence-corrected chi connectivity index (χ2v) is 6.74. The predicted octanol–water partition coefficient (Wildman–Crippen LogP) is 2.61. The lowest BCUT2D eigenvalue weighted by Crippen LogP contribution is -2.49. The number of amides is 1. The molecule has 0 atom stereocenters. The third kappa shape index (κ3) is 4.50. The van der Waals surface area contributed by atoms with Crippen molar-refractivity contribution in [3.05, 3.63) is 42.0 Å². The molecule has 1 heterocycles. The summed E-state index contributed by atoms with van der Waals surface area (Å²) in [4.78, 5) is 17.1. The van der Waals surface area contributed by atoms with Crippen molar-refractivity contribution in [1.29, 1.82) is 0 Å². The fourth-order valence-electron chi connectivity index (χ4n) is 3.58. The molecule has 0 N–H and O–H groups in total. The highest BCUT2D eigenvalue weighted by molar-refractivity contribution is 5.80. The lowest BCUT2D eigenvalue weighted by molar-refractivity contribution is -0.130. The van der Waals surface area contributed by atoms with Crippen LogP contribution in [0.3, 0.4) is 0 Å². The van der Waals surface area contributed by atoms with Crippen molar-refractivity contribution in [2.24, 2.45) is 0 Å². The van der Waals surface area contributed by atoms with Crippen molar-refractivity contribution < 1.29 is 23.7 Å². The van der Waals surface area contributed by atoms with E-state index in [1.807, 2.05) is 35.2 Å². The zero-order valence-electron chi connectivity index (χ0n) is 17.4. The second-order valence-electron chi connectivity index (χ2n) is 6.74. The molecule has 0 aliphatic carbocycles. The normalized spacial score (nSPS) is 13.8. The largest absolute Gasteiger partial charge is 0.497 e. The third-order valence-corrected chi connectivity index (χ3v) is 5.20. The van der Waals surface area contributed by atoms with Gasteiger partial charge >= 0.3 is 0 Å². The summed E-state index contributed by atoms with van der Waals surface area (Å²) >= 11 is 0. The maximum atomic E-state index is 12.9. The van der Waals surface area contributed by atoms with Gasteiger partial charge in [-0.05, 0) is 30.3 Å². The number of methoxy groups -OCH3 is 4. The average Bonchev–Trinajstić information content (AvgIpc) is 2.78. The molecule has 156 valence electrons. The Morgan fingerprint density at radius 2 is 1.45 bits per heavy atom. The van der Waals surface area contributed by atoms with Gasteiger partial charge in [-0.2, -0.15) is 0 Å². The molecule has 0 saturated carbocycles. The number of benzene rings is 2. The van der Waals surface area contributed by atoms with E-state index in [-0.39, 0.29) is 12.3 Å². The van der Waals surface area contributed by atoms with Gasteiger partial charge in [0.15, 0.2) is 11.5 Å². The lowest BCUT2D eigenvalue weighted by atomic mass is 10.1. The van der Waals surface area contributed by atoms with Gasteiger partial charge in [-0.15, -0.1) is 0 Å². The summed E-state index contributed by atoms with van der Waals surface area (Å²) in [6, 6.07) is 11.7. The number of hydrogen-bond donors (Lipinski definition) is 0. The van der Waals surface area contributed by atoms with Gasteiger partial charge in [0.2, 0.25) is 11.7 Å². The Morgan fingerprint density at radius 1 is 0.793 bits per heavy atom. The zero-order valence-corrected chi connectivity index (χ0v) is 17.4. The van der Waals surface area contributed by atoms with E-state index in [4.69, 9.17) is 18.9 Å². The van der Waals surface area contributed by atoms with Crippen LogP contribution in [0.15, 0.2) is 36.4 Å². The first-order valence-corrected chi connectivity index (χ1v) is 9.55.